The minimum absolute atomic E-state index is 0.119. The van der Waals surface area contributed by atoms with Crippen molar-refractivity contribution in [1.82, 2.24) is 4.90 Å². The van der Waals surface area contributed by atoms with Crippen molar-refractivity contribution in [3.63, 3.8) is 0 Å². The summed E-state index contributed by atoms with van der Waals surface area (Å²) >= 11 is 1.55. The fourth-order valence-corrected chi connectivity index (χ4v) is 9.50. The van der Waals surface area contributed by atoms with Crippen LogP contribution in [-0.4, -0.2) is 63.5 Å². The number of likely N-dealkylation sites (tertiary alicyclic amines) is 1. The molecule has 1 spiro atoms. The predicted octanol–water partition coefficient (Wildman–Crippen LogP) is 4.84. The first-order valence-corrected chi connectivity index (χ1v) is 16.0. The Bertz CT molecular complexity index is 1680. The normalized spacial score (nSPS) is 28.4. The minimum atomic E-state index is -0.988. The molecule has 0 saturated carbocycles. The number of carbonyl (C=O) groups is 3. The summed E-state index contributed by atoms with van der Waals surface area (Å²) in [6, 6.07) is 23.3. The summed E-state index contributed by atoms with van der Waals surface area (Å²) < 4.78 is -0.988. The van der Waals surface area contributed by atoms with E-state index in [2.05, 4.69) is 0 Å². The highest BCUT2D eigenvalue weighted by atomic mass is 32.2. The maximum absolute atomic E-state index is 15.0. The Hall–Kier alpha value is -4.14. The average molecular weight is 606 g/mol. The van der Waals surface area contributed by atoms with Crippen LogP contribution in [0.4, 0.5) is 11.4 Å². The third kappa shape index (κ3) is 4.34. The quantitative estimate of drug-likeness (QED) is 0.421. The lowest BCUT2D eigenvalue weighted by Crippen LogP contribution is -2.54. The van der Waals surface area contributed by atoms with E-state index in [-0.39, 0.29) is 29.6 Å². The van der Waals surface area contributed by atoms with Gasteiger partial charge in [0.15, 0.2) is 0 Å². The molecule has 7 rings (SSSR count). The van der Waals surface area contributed by atoms with Crippen LogP contribution >= 0.6 is 11.8 Å². The summed E-state index contributed by atoms with van der Waals surface area (Å²) in [6.07, 6.45) is 8.06. The van der Waals surface area contributed by atoms with Crippen molar-refractivity contribution in [2.75, 3.05) is 29.5 Å². The summed E-state index contributed by atoms with van der Waals surface area (Å²) in [5, 5.41) is 10.5. The lowest BCUT2D eigenvalue weighted by Gasteiger charge is -2.39. The molecule has 8 heteroatoms. The first kappa shape index (κ1) is 28.6. The van der Waals surface area contributed by atoms with E-state index in [1.54, 1.807) is 26.5 Å². The van der Waals surface area contributed by atoms with Crippen molar-refractivity contribution in [1.29, 1.82) is 0 Å². The predicted molar refractivity (Wildman–Crippen MR) is 173 cm³/mol. The molecule has 0 aromatic heterocycles. The van der Waals surface area contributed by atoms with Crippen LogP contribution in [0.3, 0.4) is 0 Å². The highest BCUT2D eigenvalue weighted by Gasteiger charge is 2.72. The highest BCUT2D eigenvalue weighted by molar-refractivity contribution is 8.02. The Kier molecular flexibility index (Phi) is 7.22. The number of para-hydroxylation sites is 1. The third-order valence-corrected chi connectivity index (χ3v) is 11.3. The van der Waals surface area contributed by atoms with Gasteiger partial charge >= 0.3 is 0 Å². The van der Waals surface area contributed by atoms with E-state index < -0.39 is 28.7 Å². The number of thioether (sulfide) groups is 1. The zero-order valence-electron chi connectivity index (χ0n) is 24.7. The van der Waals surface area contributed by atoms with E-state index in [4.69, 9.17) is 0 Å². The Balaban J connectivity index is 1.39. The molecule has 6 atom stereocenters. The Morgan fingerprint density at radius 3 is 2.30 bits per heavy atom. The first-order valence-electron chi connectivity index (χ1n) is 15.1. The number of amides is 3. The van der Waals surface area contributed by atoms with E-state index in [1.165, 1.54) is 0 Å². The van der Waals surface area contributed by atoms with Crippen LogP contribution in [0.25, 0.3) is 0 Å². The van der Waals surface area contributed by atoms with Gasteiger partial charge in [0.2, 0.25) is 11.8 Å². The number of aryl methyl sites for hydroxylation is 2. The summed E-state index contributed by atoms with van der Waals surface area (Å²) in [4.78, 5) is 49.5. The molecule has 4 aliphatic rings. The molecule has 1 N–H and O–H groups in total. The fourth-order valence-electron chi connectivity index (χ4n) is 7.51. The van der Waals surface area contributed by atoms with Crippen molar-refractivity contribution < 1.29 is 19.5 Å². The summed E-state index contributed by atoms with van der Waals surface area (Å²) in [5.74, 6) is -2.03. The van der Waals surface area contributed by atoms with Crippen molar-refractivity contribution in [2.45, 2.75) is 35.9 Å². The van der Waals surface area contributed by atoms with Gasteiger partial charge in [-0.15, -0.1) is 11.8 Å². The van der Waals surface area contributed by atoms with E-state index in [0.717, 1.165) is 28.1 Å². The van der Waals surface area contributed by atoms with Gasteiger partial charge in [-0.1, -0.05) is 85.0 Å². The average Bonchev–Trinajstić information content (AvgIpc) is 3.35. The van der Waals surface area contributed by atoms with Gasteiger partial charge in [-0.05, 0) is 48.7 Å². The zero-order chi connectivity index (χ0) is 30.6. The molecule has 44 heavy (non-hydrogen) atoms. The molecular weight excluding hydrogens is 570 g/mol. The second kappa shape index (κ2) is 11.1. The van der Waals surface area contributed by atoms with Gasteiger partial charge in [0.05, 0.1) is 29.2 Å². The van der Waals surface area contributed by atoms with Gasteiger partial charge in [0, 0.05) is 29.7 Å². The number of carbonyl (C=O) groups excluding carboxylic acids is 3. The van der Waals surface area contributed by atoms with Crippen molar-refractivity contribution in [2.24, 2.45) is 11.8 Å². The second-order valence-electron chi connectivity index (χ2n) is 12.1. The number of hydrogen-bond acceptors (Lipinski definition) is 5. The topological polar surface area (TPSA) is 81.2 Å². The Labute approximate surface area is 261 Å². The largest absolute Gasteiger partial charge is 0.394 e. The number of benzene rings is 3. The SMILES string of the molecule is Cc1ccc(C)c(N2CC=C[C@]34S[C@H]5C=CCN(c6ccccc6)C(=O)[C@H]5[C@H]3C(=O)N([C@H](CO)c3ccccc3)C4C2=O)c1. The van der Waals surface area contributed by atoms with Gasteiger partial charge in [0.25, 0.3) is 5.91 Å². The van der Waals surface area contributed by atoms with Crippen LogP contribution in [-0.2, 0) is 14.4 Å². The smallest absolute Gasteiger partial charge is 0.251 e. The van der Waals surface area contributed by atoms with Gasteiger partial charge in [-0.2, -0.15) is 0 Å². The summed E-state index contributed by atoms with van der Waals surface area (Å²) in [5.41, 5.74) is 4.32. The molecule has 3 aromatic carbocycles. The molecule has 3 amide bonds. The number of hydrogen-bond donors (Lipinski definition) is 1. The van der Waals surface area contributed by atoms with Crippen LogP contribution in [0.5, 0.6) is 0 Å². The molecule has 224 valence electrons. The summed E-state index contributed by atoms with van der Waals surface area (Å²) in [6.45, 7) is 4.39. The number of aliphatic hydroxyl groups is 1. The molecule has 0 radical (unpaired) electrons. The molecule has 0 aliphatic carbocycles. The van der Waals surface area contributed by atoms with Crippen molar-refractivity contribution in [3.05, 3.63) is 120 Å². The molecule has 4 heterocycles. The molecule has 3 aromatic rings. The lowest BCUT2D eigenvalue weighted by atomic mass is 9.78. The standard InChI is InChI=1S/C36H35N3O4S/c1-23-16-17-24(2)27(21-23)38-20-10-18-36-31(30-29(44-36)15-9-19-37(33(30)41)26-13-7-4-8-14-26)34(42)39(32(36)35(38)43)28(22-40)25-11-5-3-6-12-25/h3-18,21,28-32,40H,19-20,22H2,1-2H3/t28-,29+,30-,31+,32?,36+/m1/s1. The highest BCUT2D eigenvalue weighted by Crippen LogP contribution is 2.62. The number of aliphatic hydroxyl groups excluding tert-OH is 1. The maximum atomic E-state index is 15.0. The second-order valence-corrected chi connectivity index (χ2v) is 13.5. The third-order valence-electron chi connectivity index (χ3n) is 9.51. The fraction of sp³-hybridized carbons (Fsp3) is 0.306. The number of rotatable bonds is 5. The van der Waals surface area contributed by atoms with Crippen LogP contribution in [0.1, 0.15) is 22.7 Å². The number of fused-ring (bicyclic) bond motifs is 2. The van der Waals surface area contributed by atoms with Gasteiger partial charge in [-0.25, -0.2) is 0 Å². The maximum Gasteiger partial charge on any atom is 0.251 e. The minimum Gasteiger partial charge on any atom is -0.394 e. The number of anilines is 2. The monoisotopic (exact) mass is 605 g/mol. The zero-order valence-corrected chi connectivity index (χ0v) is 25.6. The molecule has 2 fully saturated rings. The summed E-state index contributed by atoms with van der Waals surface area (Å²) in [7, 11) is 0. The van der Waals surface area contributed by atoms with E-state index in [1.807, 2.05) is 117 Å². The molecule has 4 aliphatic heterocycles. The van der Waals surface area contributed by atoms with Crippen molar-refractivity contribution >= 4 is 40.9 Å². The Morgan fingerprint density at radius 2 is 1.57 bits per heavy atom. The van der Waals surface area contributed by atoms with Gasteiger partial charge in [0.1, 0.15) is 6.04 Å². The molecule has 7 nitrogen and oxygen atoms in total. The van der Waals surface area contributed by atoms with E-state index >= 15 is 0 Å². The lowest BCUT2D eigenvalue weighted by molar-refractivity contribution is -0.141. The van der Waals surface area contributed by atoms with Gasteiger partial charge < -0.3 is 19.8 Å². The van der Waals surface area contributed by atoms with Gasteiger partial charge in [-0.3, -0.25) is 14.4 Å². The molecule has 1 unspecified atom stereocenters. The van der Waals surface area contributed by atoms with Crippen LogP contribution < -0.4 is 9.80 Å². The van der Waals surface area contributed by atoms with E-state index in [9.17, 15) is 19.5 Å². The van der Waals surface area contributed by atoms with E-state index in [0.29, 0.717) is 13.1 Å². The van der Waals surface area contributed by atoms with Crippen LogP contribution in [0.2, 0.25) is 0 Å². The molecular formula is C36H35N3O4S. The molecule has 0 bridgehead atoms. The number of nitrogens with zero attached hydrogens (tertiary/aromatic N) is 3. The van der Waals surface area contributed by atoms with Crippen molar-refractivity contribution in [3.8, 4) is 0 Å². The first-order chi connectivity index (χ1) is 21.4. The Morgan fingerprint density at radius 1 is 0.864 bits per heavy atom. The molecule has 2 saturated heterocycles. The van der Waals surface area contributed by atoms with Crippen LogP contribution in [0, 0.1) is 25.7 Å². The van der Waals surface area contributed by atoms with Crippen LogP contribution in [0.15, 0.2) is 103 Å².